The van der Waals surface area contributed by atoms with E-state index in [4.69, 9.17) is 0 Å². The van der Waals surface area contributed by atoms with Crippen LogP contribution in [0, 0.1) is 0 Å². The van der Waals surface area contributed by atoms with Crippen LogP contribution in [0.1, 0.15) is 44.9 Å². The van der Waals surface area contributed by atoms with Gasteiger partial charge >= 0.3 is 0 Å². The Bertz CT molecular complexity index is 226. The minimum atomic E-state index is -0.118. The molecule has 0 aromatic heterocycles. The van der Waals surface area contributed by atoms with Crippen molar-refractivity contribution in [1.82, 2.24) is 10.2 Å². The third kappa shape index (κ3) is 2.41. The lowest BCUT2D eigenvalue weighted by Gasteiger charge is -2.48. The molecule has 2 fully saturated rings. The van der Waals surface area contributed by atoms with Gasteiger partial charge in [0.05, 0.1) is 6.10 Å². The molecule has 0 saturated heterocycles. The molecule has 0 aromatic carbocycles. The molecule has 2 aliphatic rings. The van der Waals surface area contributed by atoms with Gasteiger partial charge in [0.25, 0.3) is 0 Å². The molecule has 0 aliphatic heterocycles. The summed E-state index contributed by atoms with van der Waals surface area (Å²) in [4.78, 5) is 2.36. The van der Waals surface area contributed by atoms with Crippen LogP contribution in [-0.2, 0) is 0 Å². The van der Waals surface area contributed by atoms with Crippen molar-refractivity contribution < 1.29 is 5.11 Å². The van der Waals surface area contributed by atoms with Gasteiger partial charge in [-0.25, -0.2) is 0 Å². The van der Waals surface area contributed by atoms with E-state index >= 15 is 0 Å². The Morgan fingerprint density at radius 3 is 2.38 bits per heavy atom. The molecule has 0 radical (unpaired) electrons. The molecular weight excluding hydrogens is 200 g/mol. The van der Waals surface area contributed by atoms with Crippen LogP contribution in [0.5, 0.6) is 0 Å². The molecule has 16 heavy (non-hydrogen) atoms. The Labute approximate surface area is 99.2 Å². The molecule has 0 aromatic rings. The summed E-state index contributed by atoms with van der Waals surface area (Å²) in [5, 5.41) is 13.5. The Balaban J connectivity index is 1.81. The number of nitrogens with one attached hydrogen (secondary N) is 1. The average Bonchev–Trinajstić information content (AvgIpc) is 2.18. The summed E-state index contributed by atoms with van der Waals surface area (Å²) < 4.78 is 0. The first-order chi connectivity index (χ1) is 7.64. The van der Waals surface area contributed by atoms with Gasteiger partial charge in [0, 0.05) is 18.1 Å². The van der Waals surface area contributed by atoms with Gasteiger partial charge in [0.15, 0.2) is 0 Å². The highest BCUT2D eigenvalue weighted by Gasteiger charge is 2.39. The van der Waals surface area contributed by atoms with E-state index in [0.717, 1.165) is 19.4 Å². The van der Waals surface area contributed by atoms with Crippen LogP contribution in [-0.4, -0.2) is 48.3 Å². The third-order valence-electron chi connectivity index (χ3n) is 4.66. The van der Waals surface area contributed by atoms with Crippen LogP contribution < -0.4 is 5.32 Å². The SMILES string of the molecule is CN(C)C1(CN[C@@H]2CCCC[C@H]2O)CCC1. The number of hydrogen-bond acceptors (Lipinski definition) is 3. The maximum Gasteiger partial charge on any atom is 0.0693 e. The Hall–Kier alpha value is -0.120. The first-order valence-electron chi connectivity index (χ1n) is 6.73. The van der Waals surface area contributed by atoms with Crippen molar-refractivity contribution in [2.75, 3.05) is 20.6 Å². The first kappa shape index (κ1) is 12.3. The first-order valence-corrected chi connectivity index (χ1v) is 6.73. The Kier molecular flexibility index (Phi) is 3.88. The number of nitrogens with zero attached hydrogens (tertiary/aromatic N) is 1. The zero-order chi connectivity index (χ0) is 11.6. The lowest BCUT2D eigenvalue weighted by atomic mass is 9.75. The second-order valence-electron chi connectivity index (χ2n) is 5.81. The fourth-order valence-electron chi connectivity index (χ4n) is 3.04. The minimum absolute atomic E-state index is 0.118. The number of aliphatic hydroxyl groups is 1. The second kappa shape index (κ2) is 5.03. The summed E-state index contributed by atoms with van der Waals surface area (Å²) in [5.41, 5.74) is 0.372. The van der Waals surface area contributed by atoms with E-state index in [1.54, 1.807) is 0 Å². The lowest BCUT2D eigenvalue weighted by molar-refractivity contribution is 0.0376. The largest absolute Gasteiger partial charge is 0.392 e. The van der Waals surface area contributed by atoms with Gasteiger partial charge in [-0.3, -0.25) is 0 Å². The maximum atomic E-state index is 9.92. The predicted molar refractivity (Wildman–Crippen MR) is 66.5 cm³/mol. The molecular formula is C13H26N2O. The van der Waals surface area contributed by atoms with E-state index in [0.29, 0.717) is 11.6 Å². The Morgan fingerprint density at radius 1 is 1.19 bits per heavy atom. The predicted octanol–water partition coefficient (Wildman–Crippen LogP) is 1.36. The monoisotopic (exact) mass is 226 g/mol. The molecule has 3 nitrogen and oxygen atoms in total. The molecule has 0 unspecified atom stereocenters. The molecule has 2 rings (SSSR count). The highest BCUT2D eigenvalue weighted by atomic mass is 16.3. The van der Waals surface area contributed by atoms with Crippen molar-refractivity contribution in [2.45, 2.75) is 62.6 Å². The van der Waals surface area contributed by atoms with Crippen LogP contribution in [0.2, 0.25) is 0 Å². The molecule has 3 heteroatoms. The number of rotatable bonds is 4. The van der Waals surface area contributed by atoms with Crippen molar-refractivity contribution >= 4 is 0 Å². The minimum Gasteiger partial charge on any atom is -0.392 e. The van der Waals surface area contributed by atoms with Gasteiger partial charge in [-0.2, -0.15) is 0 Å². The third-order valence-corrected chi connectivity index (χ3v) is 4.66. The van der Waals surface area contributed by atoms with Crippen molar-refractivity contribution in [3.63, 3.8) is 0 Å². The van der Waals surface area contributed by atoms with E-state index < -0.39 is 0 Å². The standard InChI is InChI=1S/C13H26N2O/c1-15(2)13(8-5-9-13)10-14-11-6-3-4-7-12(11)16/h11-12,14,16H,3-10H2,1-2H3/t11-,12-/m1/s1. The maximum absolute atomic E-state index is 9.92. The van der Waals surface area contributed by atoms with Crippen molar-refractivity contribution in [1.29, 1.82) is 0 Å². The van der Waals surface area contributed by atoms with Gasteiger partial charge < -0.3 is 15.3 Å². The summed E-state index contributed by atoms with van der Waals surface area (Å²) >= 11 is 0. The topological polar surface area (TPSA) is 35.5 Å². The molecule has 0 amide bonds. The Morgan fingerprint density at radius 2 is 1.88 bits per heavy atom. The molecule has 2 N–H and O–H groups in total. The number of likely N-dealkylation sites (N-methyl/N-ethyl adjacent to an activating group) is 1. The molecule has 94 valence electrons. The van der Waals surface area contributed by atoms with Crippen LogP contribution >= 0.6 is 0 Å². The van der Waals surface area contributed by atoms with Crippen molar-refractivity contribution in [2.24, 2.45) is 0 Å². The average molecular weight is 226 g/mol. The van der Waals surface area contributed by atoms with Crippen molar-refractivity contribution in [3.05, 3.63) is 0 Å². The van der Waals surface area contributed by atoms with Crippen LogP contribution in [0.15, 0.2) is 0 Å². The van der Waals surface area contributed by atoms with E-state index in [-0.39, 0.29) is 6.10 Å². The molecule has 2 atom stereocenters. The molecule has 0 spiro atoms. The second-order valence-corrected chi connectivity index (χ2v) is 5.81. The summed E-state index contributed by atoms with van der Waals surface area (Å²) in [7, 11) is 4.36. The lowest BCUT2D eigenvalue weighted by Crippen LogP contribution is -2.59. The van der Waals surface area contributed by atoms with Gasteiger partial charge in [0.1, 0.15) is 0 Å². The molecule has 2 aliphatic carbocycles. The zero-order valence-electron chi connectivity index (χ0n) is 10.7. The van der Waals surface area contributed by atoms with Gasteiger partial charge in [0.2, 0.25) is 0 Å². The molecule has 0 bridgehead atoms. The number of aliphatic hydroxyl groups excluding tert-OH is 1. The smallest absolute Gasteiger partial charge is 0.0693 e. The summed E-state index contributed by atoms with van der Waals surface area (Å²) in [6.07, 6.45) is 8.42. The van der Waals surface area contributed by atoms with Crippen molar-refractivity contribution in [3.8, 4) is 0 Å². The van der Waals surface area contributed by atoms with Gasteiger partial charge in [-0.1, -0.05) is 12.8 Å². The van der Waals surface area contributed by atoms with Crippen LogP contribution in [0.25, 0.3) is 0 Å². The normalized spacial score (nSPS) is 33.8. The highest BCUT2D eigenvalue weighted by Crippen LogP contribution is 2.35. The zero-order valence-corrected chi connectivity index (χ0v) is 10.7. The molecule has 2 saturated carbocycles. The summed E-state index contributed by atoms with van der Waals surface area (Å²) in [5.74, 6) is 0. The van der Waals surface area contributed by atoms with Gasteiger partial charge in [-0.15, -0.1) is 0 Å². The fourth-order valence-corrected chi connectivity index (χ4v) is 3.04. The quantitative estimate of drug-likeness (QED) is 0.760. The summed E-state index contributed by atoms with van der Waals surface area (Å²) in [6.45, 7) is 1.04. The van der Waals surface area contributed by atoms with Gasteiger partial charge in [-0.05, 0) is 46.2 Å². The van der Waals surface area contributed by atoms with E-state index in [9.17, 15) is 5.11 Å². The van der Waals surface area contributed by atoms with E-state index in [1.807, 2.05) is 0 Å². The van der Waals surface area contributed by atoms with Crippen LogP contribution in [0.3, 0.4) is 0 Å². The number of hydrogen-bond donors (Lipinski definition) is 2. The molecule has 0 heterocycles. The van der Waals surface area contributed by atoms with E-state index in [1.165, 1.54) is 32.1 Å². The van der Waals surface area contributed by atoms with E-state index in [2.05, 4.69) is 24.3 Å². The summed E-state index contributed by atoms with van der Waals surface area (Å²) in [6, 6.07) is 0.339. The van der Waals surface area contributed by atoms with Crippen LogP contribution in [0.4, 0.5) is 0 Å². The highest BCUT2D eigenvalue weighted by molar-refractivity contribution is 4.98. The fraction of sp³-hybridized carbons (Fsp3) is 1.00.